The number of likely N-dealkylation sites (N-methyl/N-ethyl adjacent to an activating group) is 1. The number of rotatable bonds is 5. The molecule has 4 heteroatoms. The van der Waals surface area contributed by atoms with E-state index in [4.69, 9.17) is 0 Å². The fourth-order valence-corrected chi connectivity index (χ4v) is 1.49. The zero-order valence-corrected chi connectivity index (χ0v) is 10.8. The maximum absolute atomic E-state index is 13.5. The monoisotopic (exact) mass is 242 g/mol. The van der Waals surface area contributed by atoms with Gasteiger partial charge in [-0.05, 0) is 34.0 Å². The summed E-state index contributed by atoms with van der Waals surface area (Å²) in [5, 5.41) is 3.24. The van der Waals surface area contributed by atoms with Gasteiger partial charge in [0.25, 0.3) is 0 Å². The van der Waals surface area contributed by atoms with Crippen molar-refractivity contribution in [2.75, 3.05) is 20.6 Å². The van der Waals surface area contributed by atoms with Crippen LogP contribution in [0.4, 0.5) is 8.78 Å². The lowest BCUT2D eigenvalue weighted by Crippen LogP contribution is -2.36. The van der Waals surface area contributed by atoms with E-state index in [1.165, 1.54) is 12.1 Å². The third-order valence-electron chi connectivity index (χ3n) is 3.03. The van der Waals surface area contributed by atoms with Gasteiger partial charge < -0.3 is 10.2 Å². The van der Waals surface area contributed by atoms with Crippen LogP contribution in [-0.2, 0) is 0 Å². The molecule has 0 aliphatic carbocycles. The van der Waals surface area contributed by atoms with E-state index < -0.39 is 11.6 Å². The Hall–Kier alpha value is -1.00. The molecule has 2 atom stereocenters. The van der Waals surface area contributed by atoms with E-state index >= 15 is 0 Å². The second kappa shape index (κ2) is 6.07. The number of hydrogen-bond donors (Lipinski definition) is 1. The predicted molar refractivity (Wildman–Crippen MR) is 65.9 cm³/mol. The lowest BCUT2D eigenvalue weighted by atomic mass is 10.1. The Morgan fingerprint density at radius 2 is 1.88 bits per heavy atom. The second-order valence-corrected chi connectivity index (χ2v) is 4.61. The molecule has 0 heterocycles. The van der Waals surface area contributed by atoms with Crippen LogP contribution in [0.1, 0.15) is 25.5 Å². The van der Waals surface area contributed by atoms with Gasteiger partial charge in [-0.25, -0.2) is 8.78 Å². The lowest BCUT2D eigenvalue weighted by molar-refractivity contribution is 0.295. The number of halogens is 2. The zero-order valence-electron chi connectivity index (χ0n) is 10.8. The molecule has 1 aromatic rings. The summed E-state index contributed by atoms with van der Waals surface area (Å²) in [5.74, 6) is -1.04. The van der Waals surface area contributed by atoms with Crippen LogP contribution in [0.2, 0.25) is 0 Å². The molecular formula is C13H20F2N2. The Balaban J connectivity index is 2.61. The molecule has 2 nitrogen and oxygen atoms in total. The highest BCUT2D eigenvalue weighted by Gasteiger charge is 2.13. The second-order valence-electron chi connectivity index (χ2n) is 4.61. The Kier molecular flexibility index (Phi) is 5.02. The standard InChI is InChI=1S/C13H20F2N2/c1-9(17(3)4)8-16-10(2)12-6-5-11(14)7-13(12)15/h5-7,9-10,16H,8H2,1-4H3. The smallest absolute Gasteiger partial charge is 0.130 e. The first-order chi connectivity index (χ1) is 7.91. The fourth-order valence-electron chi connectivity index (χ4n) is 1.49. The van der Waals surface area contributed by atoms with Gasteiger partial charge in [-0.2, -0.15) is 0 Å². The van der Waals surface area contributed by atoms with Crippen molar-refractivity contribution in [2.24, 2.45) is 0 Å². The molecule has 1 rings (SSSR count). The molecule has 2 unspecified atom stereocenters. The van der Waals surface area contributed by atoms with Crippen molar-refractivity contribution < 1.29 is 8.78 Å². The van der Waals surface area contributed by atoms with E-state index in [9.17, 15) is 8.78 Å². The van der Waals surface area contributed by atoms with Gasteiger partial charge in [0.2, 0.25) is 0 Å². The van der Waals surface area contributed by atoms with Crippen LogP contribution in [0, 0.1) is 11.6 Å². The highest BCUT2D eigenvalue weighted by molar-refractivity contribution is 5.21. The minimum atomic E-state index is -0.542. The molecule has 1 aromatic carbocycles. The van der Waals surface area contributed by atoms with Crippen molar-refractivity contribution in [1.82, 2.24) is 10.2 Å². The quantitative estimate of drug-likeness (QED) is 0.853. The zero-order chi connectivity index (χ0) is 13.0. The molecular weight excluding hydrogens is 222 g/mol. The van der Waals surface area contributed by atoms with Crippen molar-refractivity contribution in [3.05, 3.63) is 35.4 Å². The average Bonchev–Trinajstić information content (AvgIpc) is 2.25. The largest absolute Gasteiger partial charge is 0.309 e. The van der Waals surface area contributed by atoms with Crippen molar-refractivity contribution in [3.8, 4) is 0 Å². The normalized spacial score (nSPS) is 15.0. The first-order valence-electron chi connectivity index (χ1n) is 5.76. The fraction of sp³-hybridized carbons (Fsp3) is 0.538. The van der Waals surface area contributed by atoms with Crippen LogP contribution in [0.15, 0.2) is 18.2 Å². The highest BCUT2D eigenvalue weighted by atomic mass is 19.1. The number of nitrogens with one attached hydrogen (secondary N) is 1. The van der Waals surface area contributed by atoms with Crippen LogP contribution in [-0.4, -0.2) is 31.6 Å². The summed E-state index contributed by atoms with van der Waals surface area (Å²) < 4.78 is 26.3. The molecule has 0 amide bonds. The summed E-state index contributed by atoms with van der Waals surface area (Å²) in [4.78, 5) is 2.08. The van der Waals surface area contributed by atoms with E-state index in [0.29, 0.717) is 11.6 Å². The molecule has 0 spiro atoms. The maximum Gasteiger partial charge on any atom is 0.130 e. The summed E-state index contributed by atoms with van der Waals surface area (Å²) in [5.41, 5.74) is 0.498. The van der Waals surface area contributed by atoms with Gasteiger partial charge >= 0.3 is 0 Å². The molecule has 0 fully saturated rings. The van der Waals surface area contributed by atoms with Gasteiger partial charge in [-0.15, -0.1) is 0 Å². The molecule has 0 aliphatic heterocycles. The third-order valence-corrected chi connectivity index (χ3v) is 3.03. The number of nitrogens with zero attached hydrogens (tertiary/aromatic N) is 1. The summed E-state index contributed by atoms with van der Waals surface area (Å²) in [6.45, 7) is 4.71. The van der Waals surface area contributed by atoms with Gasteiger partial charge in [-0.1, -0.05) is 6.07 Å². The average molecular weight is 242 g/mol. The lowest BCUT2D eigenvalue weighted by Gasteiger charge is -2.23. The first kappa shape index (κ1) is 14.1. The predicted octanol–water partition coefficient (Wildman–Crippen LogP) is 2.57. The van der Waals surface area contributed by atoms with Gasteiger partial charge in [0.1, 0.15) is 11.6 Å². The van der Waals surface area contributed by atoms with E-state index in [2.05, 4.69) is 17.1 Å². The van der Waals surface area contributed by atoms with Gasteiger partial charge in [0, 0.05) is 30.3 Å². The minimum Gasteiger partial charge on any atom is -0.309 e. The van der Waals surface area contributed by atoms with Crippen LogP contribution in [0.25, 0.3) is 0 Å². The molecule has 0 bridgehead atoms. The van der Waals surface area contributed by atoms with Crippen LogP contribution in [0.5, 0.6) is 0 Å². The van der Waals surface area contributed by atoms with E-state index in [1.807, 2.05) is 21.0 Å². The molecule has 96 valence electrons. The maximum atomic E-state index is 13.5. The molecule has 0 saturated heterocycles. The summed E-state index contributed by atoms with van der Waals surface area (Å²) in [6, 6.07) is 3.93. The van der Waals surface area contributed by atoms with E-state index in [0.717, 1.165) is 12.6 Å². The minimum absolute atomic E-state index is 0.127. The van der Waals surface area contributed by atoms with Crippen LogP contribution < -0.4 is 5.32 Å². The summed E-state index contributed by atoms with van der Waals surface area (Å²) in [6.07, 6.45) is 0. The number of benzene rings is 1. The van der Waals surface area contributed by atoms with Crippen molar-refractivity contribution in [3.63, 3.8) is 0 Å². The molecule has 0 saturated carbocycles. The van der Waals surface area contributed by atoms with Crippen molar-refractivity contribution >= 4 is 0 Å². The van der Waals surface area contributed by atoms with E-state index in [-0.39, 0.29) is 6.04 Å². The molecule has 0 aliphatic rings. The summed E-state index contributed by atoms with van der Waals surface area (Å²) >= 11 is 0. The number of hydrogen-bond acceptors (Lipinski definition) is 2. The molecule has 0 aromatic heterocycles. The molecule has 0 radical (unpaired) electrons. The van der Waals surface area contributed by atoms with Gasteiger partial charge in [0.15, 0.2) is 0 Å². The van der Waals surface area contributed by atoms with Crippen molar-refractivity contribution in [2.45, 2.75) is 25.9 Å². The van der Waals surface area contributed by atoms with Crippen LogP contribution >= 0.6 is 0 Å². The van der Waals surface area contributed by atoms with Gasteiger partial charge in [0.05, 0.1) is 0 Å². The topological polar surface area (TPSA) is 15.3 Å². The van der Waals surface area contributed by atoms with Crippen LogP contribution in [0.3, 0.4) is 0 Å². The highest BCUT2D eigenvalue weighted by Crippen LogP contribution is 2.17. The van der Waals surface area contributed by atoms with E-state index in [1.54, 1.807) is 0 Å². The third kappa shape index (κ3) is 4.06. The SMILES string of the molecule is CC(NCC(C)N(C)C)c1ccc(F)cc1F. The Bertz CT molecular complexity index is 366. The molecule has 1 N–H and O–H groups in total. The Labute approximate surface area is 102 Å². The van der Waals surface area contributed by atoms with Crippen molar-refractivity contribution in [1.29, 1.82) is 0 Å². The van der Waals surface area contributed by atoms with Gasteiger partial charge in [-0.3, -0.25) is 0 Å². The Morgan fingerprint density at radius 1 is 1.24 bits per heavy atom. The first-order valence-corrected chi connectivity index (χ1v) is 5.76. The summed E-state index contributed by atoms with van der Waals surface area (Å²) in [7, 11) is 3.99. The Morgan fingerprint density at radius 3 is 2.41 bits per heavy atom. The molecule has 17 heavy (non-hydrogen) atoms.